The van der Waals surface area contributed by atoms with Crippen LogP contribution in [0.3, 0.4) is 0 Å². The molecule has 0 spiro atoms. The Bertz CT molecular complexity index is 381. The molecule has 0 bridgehead atoms. The van der Waals surface area contributed by atoms with Crippen molar-refractivity contribution in [2.24, 2.45) is 11.3 Å². The van der Waals surface area contributed by atoms with E-state index in [-0.39, 0.29) is 0 Å². The average Bonchev–Trinajstić information content (AvgIpc) is 2.12. The van der Waals surface area contributed by atoms with Crippen molar-refractivity contribution in [3.63, 3.8) is 0 Å². The summed E-state index contributed by atoms with van der Waals surface area (Å²) in [6.07, 6.45) is 0. The molecule has 1 unspecified atom stereocenters. The zero-order chi connectivity index (χ0) is 11.4. The lowest BCUT2D eigenvalue weighted by molar-refractivity contribution is -0.152. The van der Waals surface area contributed by atoms with Crippen LogP contribution in [0.5, 0.6) is 0 Å². The largest absolute Gasteiger partial charge is 0.480 e. The summed E-state index contributed by atoms with van der Waals surface area (Å²) in [5.74, 6) is -5.98. The number of aliphatic carboxylic acids is 2. The van der Waals surface area contributed by atoms with Gasteiger partial charge in [0.1, 0.15) is 0 Å². The van der Waals surface area contributed by atoms with E-state index >= 15 is 0 Å². The minimum Gasteiger partial charge on any atom is -0.480 e. The highest BCUT2D eigenvalue weighted by molar-refractivity contribution is 5.90. The van der Waals surface area contributed by atoms with Crippen LogP contribution < -0.4 is 0 Å². The highest BCUT2D eigenvalue weighted by atomic mass is 16.4. The highest BCUT2D eigenvalue weighted by Gasteiger charge is 2.52. The van der Waals surface area contributed by atoms with Gasteiger partial charge in [0.25, 0.3) is 5.41 Å². The van der Waals surface area contributed by atoms with Crippen molar-refractivity contribution in [3.05, 3.63) is 0 Å². The number of nitrogens with zero attached hydrogens (tertiary/aromatic N) is 3. The van der Waals surface area contributed by atoms with Crippen LogP contribution in [-0.2, 0) is 9.59 Å². The van der Waals surface area contributed by atoms with Crippen LogP contribution in [-0.4, -0.2) is 22.2 Å². The van der Waals surface area contributed by atoms with Gasteiger partial charge in [-0.3, -0.25) is 4.79 Å². The quantitative estimate of drug-likeness (QED) is 0.603. The molecule has 0 fully saturated rings. The Morgan fingerprint density at radius 2 is 1.57 bits per heavy atom. The lowest BCUT2D eigenvalue weighted by Crippen LogP contribution is -2.39. The first-order valence-corrected chi connectivity index (χ1v) is 3.14. The number of hydrogen-bond donors (Lipinski definition) is 2. The summed E-state index contributed by atoms with van der Waals surface area (Å²) in [4.78, 5) is 20.9. The van der Waals surface area contributed by atoms with Crippen LogP contribution in [0.1, 0.15) is 0 Å². The van der Waals surface area contributed by atoms with Gasteiger partial charge in [-0.15, -0.1) is 0 Å². The van der Waals surface area contributed by atoms with Gasteiger partial charge in [-0.1, -0.05) is 0 Å². The minimum absolute atomic E-state index is 1.03. The van der Waals surface area contributed by atoms with Crippen molar-refractivity contribution in [2.75, 3.05) is 0 Å². The third kappa shape index (κ3) is 1.45. The van der Waals surface area contributed by atoms with Crippen LogP contribution in [0.15, 0.2) is 0 Å². The maximum Gasteiger partial charge on any atom is 0.340 e. The molecule has 0 aliphatic rings. The minimum atomic E-state index is -2.86. The van der Waals surface area contributed by atoms with E-state index in [9.17, 15) is 9.59 Å². The topological polar surface area (TPSA) is 146 Å². The number of carboxylic acid groups (broad SMARTS) is 2. The number of rotatable bonds is 3. The number of hydrogen-bond acceptors (Lipinski definition) is 5. The summed E-state index contributed by atoms with van der Waals surface area (Å²) in [7, 11) is 0. The maximum absolute atomic E-state index is 10.5. The van der Waals surface area contributed by atoms with E-state index in [1.807, 2.05) is 0 Å². The smallest absolute Gasteiger partial charge is 0.340 e. The summed E-state index contributed by atoms with van der Waals surface area (Å²) in [5.41, 5.74) is -2.86. The van der Waals surface area contributed by atoms with Gasteiger partial charge in [-0.2, -0.15) is 15.8 Å². The molecule has 0 aromatic heterocycles. The Morgan fingerprint density at radius 3 is 1.64 bits per heavy atom. The van der Waals surface area contributed by atoms with Gasteiger partial charge in [0.05, 0.1) is 18.2 Å². The van der Waals surface area contributed by atoms with Gasteiger partial charge < -0.3 is 10.2 Å². The Hall–Kier alpha value is -2.59. The van der Waals surface area contributed by atoms with Crippen molar-refractivity contribution in [1.29, 1.82) is 15.8 Å². The van der Waals surface area contributed by atoms with Gasteiger partial charge in [-0.25, -0.2) is 4.79 Å². The molecule has 0 heterocycles. The first kappa shape index (κ1) is 11.4. The van der Waals surface area contributed by atoms with Crippen molar-refractivity contribution in [1.82, 2.24) is 0 Å². The van der Waals surface area contributed by atoms with Gasteiger partial charge in [-0.05, 0) is 0 Å². The molecule has 0 aliphatic carbocycles. The molecule has 0 saturated carbocycles. The molecule has 7 heteroatoms. The third-order valence-electron chi connectivity index (χ3n) is 1.50. The van der Waals surface area contributed by atoms with E-state index in [0.29, 0.717) is 0 Å². The molecule has 0 aromatic rings. The second kappa shape index (κ2) is 3.88. The number of carbonyl (C=O) groups is 2. The fourth-order valence-corrected chi connectivity index (χ4v) is 0.710. The molecule has 0 aromatic carbocycles. The zero-order valence-corrected chi connectivity index (χ0v) is 6.63. The predicted octanol–water partition coefficient (Wildman–Crippen LogP) is -0.671. The summed E-state index contributed by atoms with van der Waals surface area (Å²) in [5, 5.41) is 42.2. The maximum atomic E-state index is 10.5. The second-order valence-electron chi connectivity index (χ2n) is 2.24. The molecule has 14 heavy (non-hydrogen) atoms. The van der Waals surface area contributed by atoms with Crippen molar-refractivity contribution >= 4 is 11.9 Å². The molecule has 0 rings (SSSR count). The molecule has 7 nitrogen and oxygen atoms in total. The van der Waals surface area contributed by atoms with Crippen molar-refractivity contribution < 1.29 is 19.8 Å². The molecule has 2 N–H and O–H groups in total. The Morgan fingerprint density at radius 1 is 1.14 bits per heavy atom. The van der Waals surface area contributed by atoms with Crippen LogP contribution in [0.25, 0.3) is 0 Å². The summed E-state index contributed by atoms with van der Waals surface area (Å²) in [6, 6.07) is 3.17. The first-order chi connectivity index (χ1) is 6.46. The Labute approximate surface area is 78.0 Å². The van der Waals surface area contributed by atoms with E-state index in [1.165, 1.54) is 0 Å². The molecule has 0 amide bonds. The van der Waals surface area contributed by atoms with E-state index < -0.39 is 23.3 Å². The first-order valence-electron chi connectivity index (χ1n) is 3.14. The normalized spacial score (nSPS) is 11.5. The second-order valence-corrected chi connectivity index (χ2v) is 2.24. The van der Waals surface area contributed by atoms with E-state index in [2.05, 4.69) is 0 Å². The fraction of sp³-hybridized carbons (Fsp3) is 0.286. The predicted molar refractivity (Wildman–Crippen MR) is 38.0 cm³/mol. The van der Waals surface area contributed by atoms with E-state index in [4.69, 9.17) is 26.0 Å². The van der Waals surface area contributed by atoms with Gasteiger partial charge >= 0.3 is 11.9 Å². The van der Waals surface area contributed by atoms with Crippen molar-refractivity contribution in [2.45, 2.75) is 0 Å². The van der Waals surface area contributed by atoms with Crippen LogP contribution in [0.4, 0.5) is 0 Å². The molecule has 0 aliphatic heterocycles. The molecule has 0 saturated heterocycles. The highest BCUT2D eigenvalue weighted by Crippen LogP contribution is 2.26. The zero-order valence-electron chi connectivity index (χ0n) is 6.63. The van der Waals surface area contributed by atoms with Gasteiger partial charge in [0.2, 0.25) is 0 Å². The standard InChI is InChI=1S/C7H3N3O4/c8-1-4(5(11)12)7(2-9,3-10)6(13)14/h4H,(H,11,12)(H,13,14). The lowest BCUT2D eigenvalue weighted by atomic mass is 9.78. The summed E-state index contributed by atoms with van der Waals surface area (Å²) < 4.78 is 0. The number of nitriles is 3. The fourth-order valence-electron chi connectivity index (χ4n) is 0.710. The number of carboxylic acids is 2. The van der Waals surface area contributed by atoms with E-state index in [0.717, 1.165) is 18.2 Å². The van der Waals surface area contributed by atoms with Gasteiger partial charge in [0.15, 0.2) is 5.92 Å². The molecule has 0 radical (unpaired) electrons. The molecular formula is C7H3N3O4. The van der Waals surface area contributed by atoms with Crippen molar-refractivity contribution in [3.8, 4) is 18.2 Å². The molecule has 70 valence electrons. The van der Waals surface area contributed by atoms with Gasteiger partial charge in [0, 0.05) is 0 Å². The Balaban J connectivity index is 5.58. The summed E-state index contributed by atoms with van der Waals surface area (Å²) >= 11 is 0. The SMILES string of the molecule is N#CC(C(=O)O)C(C#N)(C#N)C(=O)O. The third-order valence-corrected chi connectivity index (χ3v) is 1.50. The summed E-state index contributed by atoms with van der Waals surface area (Å²) in [6.45, 7) is 0. The van der Waals surface area contributed by atoms with Crippen LogP contribution in [0.2, 0.25) is 0 Å². The van der Waals surface area contributed by atoms with Crippen LogP contribution in [0, 0.1) is 45.3 Å². The molecule has 1 atom stereocenters. The molecular weight excluding hydrogens is 190 g/mol. The Kier molecular flexibility index (Phi) is 3.16. The average molecular weight is 193 g/mol. The van der Waals surface area contributed by atoms with E-state index in [1.54, 1.807) is 0 Å². The monoisotopic (exact) mass is 193 g/mol. The van der Waals surface area contributed by atoms with Crippen LogP contribution >= 0.6 is 0 Å². The lowest BCUT2D eigenvalue weighted by Gasteiger charge is -2.14.